The van der Waals surface area contributed by atoms with Crippen LogP contribution in [0.4, 0.5) is 14.6 Å². The Morgan fingerprint density at radius 1 is 0.962 bits per heavy atom. The topological polar surface area (TPSA) is 57.8 Å². The number of carbonyl (C=O) groups excluding carboxylic acids is 1. The molecule has 0 radical (unpaired) electrons. The quantitative estimate of drug-likeness (QED) is 0.560. The molecule has 26 heavy (non-hydrogen) atoms. The third kappa shape index (κ3) is 2.93. The van der Waals surface area contributed by atoms with E-state index in [0.29, 0.717) is 27.8 Å². The molecule has 0 saturated carbocycles. The molecule has 0 aliphatic carbocycles. The Balaban J connectivity index is 1.66. The van der Waals surface area contributed by atoms with Gasteiger partial charge in [-0.1, -0.05) is 24.3 Å². The van der Waals surface area contributed by atoms with Crippen molar-refractivity contribution in [1.29, 1.82) is 0 Å². The minimum absolute atomic E-state index is 0.271. The number of fused-ring (bicyclic) bond motifs is 1. The Kier molecular flexibility index (Phi) is 3.93. The molecule has 1 aromatic heterocycles. The summed E-state index contributed by atoms with van der Waals surface area (Å²) in [7, 11) is 0. The van der Waals surface area contributed by atoms with E-state index < -0.39 is 11.6 Å². The van der Waals surface area contributed by atoms with Crippen LogP contribution >= 0.6 is 0 Å². The summed E-state index contributed by atoms with van der Waals surface area (Å²) >= 11 is 0. The monoisotopic (exact) mass is 349 g/mol. The van der Waals surface area contributed by atoms with E-state index in [-0.39, 0.29) is 11.5 Å². The number of benzene rings is 3. The van der Waals surface area contributed by atoms with Crippen LogP contribution < -0.4 is 5.32 Å². The number of hydrogen-bond donors (Lipinski definition) is 2. The predicted octanol–water partition coefficient (Wildman–Crippen LogP) is 4.76. The molecule has 128 valence electrons. The average Bonchev–Trinajstić information content (AvgIpc) is 3.04. The van der Waals surface area contributed by atoms with E-state index in [9.17, 15) is 13.6 Å². The van der Waals surface area contributed by atoms with Crippen molar-refractivity contribution in [1.82, 2.24) is 10.2 Å². The summed E-state index contributed by atoms with van der Waals surface area (Å²) in [6, 6.07) is 17.4. The summed E-state index contributed by atoms with van der Waals surface area (Å²) < 4.78 is 27.1. The lowest BCUT2D eigenvalue weighted by Gasteiger charge is -2.05. The molecule has 1 heterocycles. The molecule has 0 aliphatic rings. The number of nitrogens with zero attached hydrogens (tertiary/aromatic N) is 1. The number of H-pyrrole nitrogens is 1. The number of halogens is 2. The number of aromatic nitrogens is 2. The third-order valence-electron chi connectivity index (χ3n) is 4.07. The van der Waals surface area contributed by atoms with E-state index in [4.69, 9.17) is 0 Å². The lowest BCUT2D eigenvalue weighted by atomic mass is 10.0. The van der Waals surface area contributed by atoms with Gasteiger partial charge in [0.05, 0.1) is 5.52 Å². The number of rotatable bonds is 3. The normalized spacial score (nSPS) is 10.8. The molecule has 4 rings (SSSR count). The van der Waals surface area contributed by atoms with E-state index in [1.807, 2.05) is 6.07 Å². The first-order valence-electron chi connectivity index (χ1n) is 7.92. The fourth-order valence-electron chi connectivity index (χ4n) is 2.78. The summed E-state index contributed by atoms with van der Waals surface area (Å²) in [6.45, 7) is 0. The largest absolute Gasteiger partial charge is 0.305 e. The minimum atomic E-state index is -0.638. The van der Waals surface area contributed by atoms with Gasteiger partial charge >= 0.3 is 0 Å². The number of carbonyl (C=O) groups is 1. The maximum atomic E-state index is 14.0. The van der Waals surface area contributed by atoms with Crippen LogP contribution in [0.15, 0.2) is 66.7 Å². The van der Waals surface area contributed by atoms with Crippen LogP contribution in [-0.4, -0.2) is 16.1 Å². The van der Waals surface area contributed by atoms with Crippen molar-refractivity contribution < 1.29 is 13.6 Å². The second kappa shape index (κ2) is 6.40. The van der Waals surface area contributed by atoms with E-state index in [1.54, 1.807) is 42.5 Å². The van der Waals surface area contributed by atoms with Gasteiger partial charge in [-0.15, -0.1) is 0 Å². The highest BCUT2D eigenvalue weighted by Gasteiger charge is 2.13. The first-order valence-corrected chi connectivity index (χ1v) is 7.92. The highest BCUT2D eigenvalue weighted by Crippen LogP contribution is 2.29. The van der Waals surface area contributed by atoms with Crippen LogP contribution in [0.2, 0.25) is 0 Å². The van der Waals surface area contributed by atoms with Crippen molar-refractivity contribution in [2.24, 2.45) is 0 Å². The number of aromatic amines is 1. The van der Waals surface area contributed by atoms with Gasteiger partial charge < -0.3 is 5.32 Å². The summed E-state index contributed by atoms with van der Waals surface area (Å²) in [6.07, 6.45) is 0. The smallest absolute Gasteiger partial charge is 0.256 e. The maximum Gasteiger partial charge on any atom is 0.256 e. The molecule has 0 atom stereocenters. The number of nitrogens with one attached hydrogen (secondary N) is 2. The van der Waals surface area contributed by atoms with Gasteiger partial charge in [0.1, 0.15) is 11.6 Å². The van der Waals surface area contributed by atoms with Crippen LogP contribution in [0.5, 0.6) is 0 Å². The average molecular weight is 349 g/mol. The van der Waals surface area contributed by atoms with Crippen molar-refractivity contribution in [2.75, 3.05) is 5.32 Å². The second-order valence-electron chi connectivity index (χ2n) is 5.78. The van der Waals surface area contributed by atoms with Crippen molar-refractivity contribution in [3.8, 4) is 11.1 Å². The van der Waals surface area contributed by atoms with E-state index in [0.717, 1.165) is 6.07 Å². The first-order chi connectivity index (χ1) is 12.6. The lowest BCUT2D eigenvalue weighted by Crippen LogP contribution is -2.12. The highest BCUT2D eigenvalue weighted by atomic mass is 19.1. The zero-order chi connectivity index (χ0) is 18.1. The molecule has 6 heteroatoms. The van der Waals surface area contributed by atoms with Crippen LogP contribution in [0, 0.1) is 11.6 Å². The first kappa shape index (κ1) is 16.0. The standard InChI is InChI=1S/C20H13F2N3O/c21-14-7-9-15(17(22)11-14)13-6-8-16-18(10-13)24-25-19(16)23-20(26)12-4-2-1-3-5-12/h1-11H,(H2,23,24,25,26). The van der Waals surface area contributed by atoms with Gasteiger partial charge in [0, 0.05) is 22.6 Å². The van der Waals surface area contributed by atoms with Crippen LogP contribution in [0.1, 0.15) is 10.4 Å². The fourth-order valence-corrected chi connectivity index (χ4v) is 2.78. The van der Waals surface area contributed by atoms with Crippen LogP contribution in [0.3, 0.4) is 0 Å². The van der Waals surface area contributed by atoms with Gasteiger partial charge in [-0.25, -0.2) is 8.78 Å². The summed E-state index contributed by atoms with van der Waals surface area (Å²) in [4.78, 5) is 12.3. The predicted molar refractivity (Wildman–Crippen MR) is 95.8 cm³/mol. The number of hydrogen-bond acceptors (Lipinski definition) is 2. The van der Waals surface area contributed by atoms with Crippen molar-refractivity contribution in [3.05, 3.63) is 83.9 Å². The van der Waals surface area contributed by atoms with E-state index in [1.165, 1.54) is 12.1 Å². The Morgan fingerprint density at radius 2 is 1.77 bits per heavy atom. The number of amides is 1. The Bertz CT molecular complexity index is 1110. The van der Waals surface area contributed by atoms with E-state index >= 15 is 0 Å². The Hall–Kier alpha value is -3.54. The second-order valence-corrected chi connectivity index (χ2v) is 5.78. The molecular weight excluding hydrogens is 336 g/mol. The van der Waals surface area contributed by atoms with Gasteiger partial charge in [-0.2, -0.15) is 5.10 Å². The van der Waals surface area contributed by atoms with Crippen molar-refractivity contribution >= 4 is 22.6 Å². The summed E-state index contributed by atoms with van der Waals surface area (Å²) in [5.41, 5.74) is 2.03. The SMILES string of the molecule is O=C(Nc1n[nH]c2cc(-c3ccc(F)cc3F)ccc12)c1ccccc1. The molecule has 0 unspecified atom stereocenters. The Morgan fingerprint density at radius 3 is 2.54 bits per heavy atom. The van der Waals surface area contributed by atoms with Gasteiger partial charge in [-0.05, 0) is 42.0 Å². The molecule has 2 N–H and O–H groups in total. The molecule has 0 aliphatic heterocycles. The van der Waals surface area contributed by atoms with Crippen molar-refractivity contribution in [3.63, 3.8) is 0 Å². The van der Waals surface area contributed by atoms with Crippen molar-refractivity contribution in [2.45, 2.75) is 0 Å². The minimum Gasteiger partial charge on any atom is -0.305 e. The summed E-state index contributed by atoms with van der Waals surface area (Å²) in [5.74, 6) is -1.14. The molecule has 3 aromatic carbocycles. The molecule has 0 spiro atoms. The molecule has 4 aromatic rings. The molecule has 0 saturated heterocycles. The third-order valence-corrected chi connectivity index (χ3v) is 4.07. The van der Waals surface area contributed by atoms with Crippen LogP contribution in [0.25, 0.3) is 22.0 Å². The zero-order valence-corrected chi connectivity index (χ0v) is 13.5. The summed E-state index contributed by atoms with van der Waals surface area (Å²) in [5, 5.41) is 10.4. The van der Waals surface area contributed by atoms with E-state index in [2.05, 4.69) is 15.5 Å². The molecular formula is C20H13F2N3O. The fraction of sp³-hybridized carbons (Fsp3) is 0. The molecule has 1 amide bonds. The van der Waals surface area contributed by atoms with Gasteiger partial charge in [0.15, 0.2) is 5.82 Å². The van der Waals surface area contributed by atoms with Gasteiger partial charge in [-0.3, -0.25) is 9.89 Å². The zero-order valence-electron chi connectivity index (χ0n) is 13.5. The van der Waals surface area contributed by atoms with Crippen LogP contribution in [-0.2, 0) is 0 Å². The highest BCUT2D eigenvalue weighted by molar-refractivity contribution is 6.08. The molecule has 0 fully saturated rings. The molecule has 0 bridgehead atoms. The van der Waals surface area contributed by atoms with Gasteiger partial charge in [0.25, 0.3) is 5.91 Å². The molecule has 4 nitrogen and oxygen atoms in total. The Labute approximate surface area is 147 Å². The number of anilines is 1. The maximum absolute atomic E-state index is 14.0. The lowest BCUT2D eigenvalue weighted by molar-refractivity contribution is 0.102. The van der Waals surface area contributed by atoms with Gasteiger partial charge in [0.2, 0.25) is 0 Å².